The Morgan fingerprint density at radius 3 is 2.84 bits per heavy atom. The Morgan fingerprint density at radius 1 is 1.47 bits per heavy atom. The van der Waals surface area contributed by atoms with Gasteiger partial charge in [-0.05, 0) is 63.0 Å². The number of aromatic amines is 1. The van der Waals surface area contributed by atoms with Crippen LogP contribution >= 0.6 is 38.5 Å². The van der Waals surface area contributed by atoms with Crippen LogP contribution in [-0.2, 0) is 6.42 Å². The van der Waals surface area contributed by atoms with E-state index in [9.17, 15) is 4.79 Å². The average molecular weight is 434 g/mol. The summed E-state index contributed by atoms with van der Waals surface area (Å²) in [6.07, 6.45) is 2.46. The van der Waals surface area contributed by atoms with Crippen molar-refractivity contribution in [3.8, 4) is 11.5 Å². The van der Waals surface area contributed by atoms with Crippen LogP contribution in [0.4, 0.5) is 0 Å². The van der Waals surface area contributed by atoms with E-state index in [0.29, 0.717) is 21.0 Å². The Kier molecular flexibility index (Phi) is 4.72. The summed E-state index contributed by atoms with van der Waals surface area (Å²) < 4.78 is 1.47. The van der Waals surface area contributed by atoms with E-state index in [1.165, 1.54) is 0 Å². The monoisotopic (exact) mass is 433 g/mol. The van der Waals surface area contributed by atoms with Crippen LogP contribution in [-0.4, -0.2) is 15.0 Å². The van der Waals surface area contributed by atoms with Gasteiger partial charge in [-0.25, -0.2) is 4.98 Å². The first-order chi connectivity index (χ1) is 8.99. The van der Waals surface area contributed by atoms with Gasteiger partial charge >= 0.3 is 0 Å². The van der Waals surface area contributed by atoms with Crippen molar-refractivity contribution < 1.29 is 0 Å². The molecule has 4 nitrogen and oxygen atoms in total. The highest BCUT2D eigenvalue weighted by Gasteiger charge is 2.13. The van der Waals surface area contributed by atoms with E-state index < -0.39 is 0 Å². The zero-order valence-electron chi connectivity index (χ0n) is 10.6. The third-order valence-electron chi connectivity index (χ3n) is 2.52. The van der Waals surface area contributed by atoms with Crippen molar-refractivity contribution >= 4 is 38.5 Å². The van der Waals surface area contributed by atoms with Crippen LogP contribution in [0.15, 0.2) is 27.6 Å². The van der Waals surface area contributed by atoms with E-state index in [0.717, 1.165) is 16.6 Å². The molecule has 1 N–H and O–H groups in total. The second-order valence-corrected chi connectivity index (χ2v) is 6.54. The molecule has 2 aromatic rings. The summed E-state index contributed by atoms with van der Waals surface area (Å²) in [5.74, 6) is 0.955. The summed E-state index contributed by atoms with van der Waals surface area (Å²) >= 11 is 5.47. The van der Waals surface area contributed by atoms with Crippen LogP contribution in [0, 0.1) is 9.49 Å². The lowest BCUT2D eigenvalue weighted by Crippen LogP contribution is -2.18. The van der Waals surface area contributed by atoms with Crippen LogP contribution in [0.3, 0.4) is 0 Å². The summed E-state index contributed by atoms with van der Waals surface area (Å²) in [5.41, 5.74) is 1.37. The lowest BCUT2D eigenvalue weighted by Gasteiger charge is -2.09. The summed E-state index contributed by atoms with van der Waals surface area (Å²) in [7, 11) is 0. The highest BCUT2D eigenvalue weighted by Crippen LogP contribution is 2.23. The van der Waals surface area contributed by atoms with E-state index in [1.807, 2.05) is 34.7 Å². The predicted molar refractivity (Wildman–Crippen MR) is 87.0 cm³/mol. The molecule has 19 heavy (non-hydrogen) atoms. The molecule has 0 aliphatic rings. The van der Waals surface area contributed by atoms with Gasteiger partial charge in [-0.2, -0.15) is 0 Å². The molecule has 0 fully saturated rings. The number of H-pyrrole nitrogens is 1. The SMILES string of the molecule is CC(C)Cc1nc(-c2ncccc2Br)[nH]c(=O)c1I. The third kappa shape index (κ3) is 3.42. The van der Waals surface area contributed by atoms with Crippen molar-refractivity contribution in [2.45, 2.75) is 20.3 Å². The molecule has 0 bridgehead atoms. The van der Waals surface area contributed by atoms with Gasteiger partial charge in [0.05, 0.1) is 9.26 Å². The summed E-state index contributed by atoms with van der Waals surface area (Å²) in [6.45, 7) is 4.21. The first-order valence-corrected chi connectivity index (χ1v) is 7.75. The molecule has 0 saturated heterocycles. The van der Waals surface area contributed by atoms with Gasteiger partial charge in [0.2, 0.25) is 0 Å². The third-order valence-corrected chi connectivity index (χ3v) is 4.27. The first kappa shape index (κ1) is 14.6. The van der Waals surface area contributed by atoms with Gasteiger partial charge in [0, 0.05) is 10.7 Å². The van der Waals surface area contributed by atoms with Crippen LogP contribution in [0.25, 0.3) is 11.5 Å². The predicted octanol–water partition coefficient (Wildman–Crippen LogP) is 3.40. The topological polar surface area (TPSA) is 58.6 Å². The van der Waals surface area contributed by atoms with Crippen molar-refractivity contribution in [3.05, 3.63) is 42.4 Å². The first-order valence-electron chi connectivity index (χ1n) is 5.88. The minimum atomic E-state index is -0.112. The van der Waals surface area contributed by atoms with Crippen molar-refractivity contribution in [2.24, 2.45) is 5.92 Å². The maximum Gasteiger partial charge on any atom is 0.264 e. The normalized spacial score (nSPS) is 11.0. The van der Waals surface area contributed by atoms with Crippen LogP contribution in [0.2, 0.25) is 0 Å². The molecule has 100 valence electrons. The standard InChI is InChI=1S/C13H13BrIN3O/c1-7(2)6-9-10(15)13(19)18-12(17-9)11-8(14)4-3-5-16-11/h3-5,7H,6H2,1-2H3,(H,17,18,19). The van der Waals surface area contributed by atoms with E-state index in [4.69, 9.17) is 0 Å². The molecule has 2 aromatic heterocycles. The van der Waals surface area contributed by atoms with Crippen LogP contribution in [0.5, 0.6) is 0 Å². The van der Waals surface area contributed by atoms with Gasteiger partial charge in [-0.3, -0.25) is 9.78 Å². The zero-order valence-corrected chi connectivity index (χ0v) is 14.3. The molecular weight excluding hydrogens is 421 g/mol. The van der Waals surface area contributed by atoms with E-state index in [1.54, 1.807) is 6.20 Å². The van der Waals surface area contributed by atoms with E-state index >= 15 is 0 Å². The Hall–Kier alpha value is -0.760. The number of nitrogens with one attached hydrogen (secondary N) is 1. The van der Waals surface area contributed by atoms with Gasteiger partial charge in [0.25, 0.3) is 5.56 Å². The van der Waals surface area contributed by atoms with E-state index in [2.05, 4.69) is 44.7 Å². The molecule has 2 heterocycles. The molecule has 0 aliphatic heterocycles. The minimum Gasteiger partial charge on any atom is -0.304 e. The molecule has 0 spiro atoms. The molecule has 0 atom stereocenters. The number of hydrogen-bond donors (Lipinski definition) is 1. The maximum atomic E-state index is 12.0. The number of aromatic nitrogens is 3. The van der Waals surface area contributed by atoms with Gasteiger partial charge in [0.1, 0.15) is 5.69 Å². The molecule has 6 heteroatoms. The van der Waals surface area contributed by atoms with E-state index in [-0.39, 0.29) is 5.56 Å². The number of rotatable bonds is 3. The number of nitrogens with zero attached hydrogens (tertiary/aromatic N) is 2. The van der Waals surface area contributed by atoms with Crippen molar-refractivity contribution in [3.63, 3.8) is 0 Å². The smallest absolute Gasteiger partial charge is 0.264 e. The zero-order chi connectivity index (χ0) is 14.0. The van der Waals surface area contributed by atoms with Gasteiger partial charge < -0.3 is 4.98 Å². The molecule has 0 saturated carbocycles. The molecule has 0 aliphatic carbocycles. The lowest BCUT2D eigenvalue weighted by atomic mass is 10.1. The number of pyridine rings is 1. The minimum absolute atomic E-state index is 0.112. The fraction of sp³-hybridized carbons (Fsp3) is 0.308. The fourth-order valence-corrected chi connectivity index (χ4v) is 2.62. The van der Waals surface area contributed by atoms with Gasteiger partial charge in [0.15, 0.2) is 5.82 Å². The Morgan fingerprint density at radius 2 is 2.21 bits per heavy atom. The summed E-state index contributed by atoms with van der Waals surface area (Å²) in [4.78, 5) is 23.6. The molecule has 0 amide bonds. The highest BCUT2D eigenvalue weighted by atomic mass is 127. The van der Waals surface area contributed by atoms with Crippen molar-refractivity contribution in [1.29, 1.82) is 0 Å². The summed E-state index contributed by atoms with van der Waals surface area (Å²) in [6, 6.07) is 3.70. The molecule has 0 aromatic carbocycles. The van der Waals surface area contributed by atoms with Gasteiger partial charge in [-0.1, -0.05) is 13.8 Å². The molecule has 0 radical (unpaired) electrons. The van der Waals surface area contributed by atoms with Crippen molar-refractivity contribution in [1.82, 2.24) is 15.0 Å². The Balaban J connectivity index is 2.57. The highest BCUT2D eigenvalue weighted by molar-refractivity contribution is 14.1. The largest absolute Gasteiger partial charge is 0.304 e. The number of hydrogen-bond acceptors (Lipinski definition) is 3. The van der Waals surface area contributed by atoms with Crippen LogP contribution < -0.4 is 5.56 Å². The fourth-order valence-electron chi connectivity index (χ4n) is 1.70. The molecule has 0 unspecified atom stereocenters. The Labute approximate surface area is 133 Å². The van der Waals surface area contributed by atoms with Gasteiger partial charge in [-0.15, -0.1) is 0 Å². The second-order valence-electron chi connectivity index (χ2n) is 4.61. The lowest BCUT2D eigenvalue weighted by molar-refractivity contribution is 0.631. The molecular formula is C13H13BrIN3O. The Bertz CT molecular complexity index is 655. The summed E-state index contributed by atoms with van der Waals surface area (Å²) in [5, 5.41) is 0. The maximum absolute atomic E-state index is 12.0. The van der Waals surface area contributed by atoms with Crippen LogP contribution in [0.1, 0.15) is 19.5 Å². The molecule has 2 rings (SSSR count). The van der Waals surface area contributed by atoms with Crippen molar-refractivity contribution in [2.75, 3.05) is 0 Å². The quantitative estimate of drug-likeness (QED) is 0.754. The second kappa shape index (κ2) is 6.13. The average Bonchev–Trinajstić information content (AvgIpc) is 2.35. The number of halogens is 2.